The molecule has 2 rings (SSSR count). The molecule has 7 heteroatoms. The summed E-state index contributed by atoms with van der Waals surface area (Å²) >= 11 is 0. The number of benzene rings is 2. The first-order valence-electron chi connectivity index (χ1n) is 7.63. The summed E-state index contributed by atoms with van der Waals surface area (Å²) in [5.41, 5.74) is 1.47. The first-order valence-corrected chi connectivity index (χ1v) is 9.07. The van der Waals surface area contributed by atoms with Crippen molar-refractivity contribution in [3.05, 3.63) is 59.7 Å². The van der Waals surface area contributed by atoms with Crippen LogP contribution in [0.15, 0.2) is 53.4 Å². The second-order valence-corrected chi connectivity index (χ2v) is 7.41. The van der Waals surface area contributed by atoms with Gasteiger partial charge in [-0.2, -0.15) is 9.57 Å². The predicted molar refractivity (Wildman–Crippen MR) is 92.4 cm³/mol. The number of nitriles is 1. The van der Waals surface area contributed by atoms with Gasteiger partial charge in [0.05, 0.1) is 16.5 Å². The van der Waals surface area contributed by atoms with Gasteiger partial charge in [0.2, 0.25) is 10.0 Å². The van der Waals surface area contributed by atoms with Crippen LogP contribution in [0.4, 0.5) is 0 Å². The maximum absolute atomic E-state index is 12.4. The summed E-state index contributed by atoms with van der Waals surface area (Å²) in [7, 11) is -2.54. The molecule has 0 spiro atoms. The Morgan fingerprint density at radius 3 is 2.24 bits per heavy atom. The molecular weight excluding hydrogens is 340 g/mol. The summed E-state index contributed by atoms with van der Waals surface area (Å²) in [6.07, 6.45) is 0.875. The van der Waals surface area contributed by atoms with E-state index in [-0.39, 0.29) is 4.90 Å². The lowest BCUT2D eigenvalue weighted by Gasteiger charge is -2.16. The summed E-state index contributed by atoms with van der Waals surface area (Å²) in [6.45, 7) is 1.60. The molecule has 25 heavy (non-hydrogen) atoms. The van der Waals surface area contributed by atoms with Gasteiger partial charge < -0.3 is 4.74 Å². The van der Waals surface area contributed by atoms with Gasteiger partial charge >= 0.3 is 5.97 Å². The molecule has 2 aromatic rings. The molecule has 2 aromatic carbocycles. The maximum atomic E-state index is 12.4. The van der Waals surface area contributed by atoms with E-state index >= 15 is 0 Å². The van der Waals surface area contributed by atoms with Gasteiger partial charge in [0, 0.05) is 7.05 Å². The molecule has 0 fully saturated rings. The van der Waals surface area contributed by atoms with Gasteiger partial charge in [0.25, 0.3) is 0 Å². The van der Waals surface area contributed by atoms with Crippen LogP contribution in [0.25, 0.3) is 0 Å². The zero-order valence-electron chi connectivity index (χ0n) is 14.0. The molecule has 0 aromatic heterocycles. The minimum absolute atomic E-state index is 0.00842. The van der Waals surface area contributed by atoms with Crippen LogP contribution in [0.5, 0.6) is 5.75 Å². The highest BCUT2D eigenvalue weighted by Gasteiger charge is 2.23. The topological polar surface area (TPSA) is 87.5 Å². The molecule has 6 nitrogen and oxygen atoms in total. The maximum Gasteiger partial charge on any atom is 0.326 e. The smallest absolute Gasteiger partial charge is 0.326 e. The fourth-order valence-corrected chi connectivity index (χ4v) is 3.22. The fraction of sp³-hybridized carbons (Fsp3) is 0.222. The second-order valence-electron chi connectivity index (χ2n) is 5.37. The monoisotopic (exact) mass is 358 g/mol. The number of hydrogen-bond donors (Lipinski definition) is 0. The highest BCUT2D eigenvalue weighted by atomic mass is 32.2. The molecule has 0 aliphatic rings. The van der Waals surface area contributed by atoms with Crippen LogP contribution < -0.4 is 4.74 Å². The second kappa shape index (κ2) is 7.92. The summed E-state index contributed by atoms with van der Waals surface area (Å²) in [6, 6.07) is 14.4. The number of aryl methyl sites for hydroxylation is 1. The van der Waals surface area contributed by atoms with Gasteiger partial charge in [-0.1, -0.05) is 19.1 Å². The molecule has 0 unspecified atom stereocenters. The van der Waals surface area contributed by atoms with Crippen molar-refractivity contribution in [1.82, 2.24) is 4.31 Å². The van der Waals surface area contributed by atoms with E-state index in [1.165, 1.54) is 31.3 Å². The molecule has 0 atom stereocenters. The third kappa shape index (κ3) is 4.66. The Kier molecular flexibility index (Phi) is 5.91. The molecule has 130 valence electrons. The Balaban J connectivity index is 2.04. The van der Waals surface area contributed by atoms with Crippen molar-refractivity contribution in [3.63, 3.8) is 0 Å². The van der Waals surface area contributed by atoms with Gasteiger partial charge in [-0.25, -0.2) is 8.42 Å². The number of carbonyl (C=O) groups excluding carboxylic acids is 1. The number of likely N-dealkylation sites (N-methyl/N-ethyl adjacent to an activating group) is 1. The van der Waals surface area contributed by atoms with E-state index in [9.17, 15) is 13.2 Å². The number of hydrogen-bond acceptors (Lipinski definition) is 5. The molecule has 0 N–H and O–H groups in total. The number of ether oxygens (including phenoxy) is 1. The Hall–Kier alpha value is -2.69. The number of esters is 1. The highest BCUT2D eigenvalue weighted by molar-refractivity contribution is 7.89. The van der Waals surface area contributed by atoms with Crippen LogP contribution in [-0.4, -0.2) is 32.3 Å². The van der Waals surface area contributed by atoms with Crippen LogP contribution in [-0.2, 0) is 21.2 Å². The number of carbonyl (C=O) groups is 1. The van der Waals surface area contributed by atoms with E-state index in [1.54, 1.807) is 12.1 Å². The standard InChI is InChI=1S/C18H18N2O4S/c1-3-14-4-8-16(9-5-14)24-18(21)13-20(2)25(22,23)17-10-6-15(12-19)7-11-17/h4-11H,3,13H2,1-2H3. The molecule has 0 bridgehead atoms. The SMILES string of the molecule is CCc1ccc(OC(=O)CN(C)S(=O)(=O)c2ccc(C#N)cc2)cc1. The normalized spacial score (nSPS) is 11.1. The zero-order chi connectivity index (χ0) is 18.4. The summed E-state index contributed by atoms with van der Waals surface area (Å²) < 4.78 is 31.0. The molecule has 0 saturated carbocycles. The van der Waals surface area contributed by atoms with Crippen LogP contribution in [0, 0.1) is 11.3 Å². The van der Waals surface area contributed by atoms with Crippen molar-refractivity contribution < 1.29 is 17.9 Å². The van der Waals surface area contributed by atoms with Gasteiger partial charge in [-0.3, -0.25) is 4.79 Å². The van der Waals surface area contributed by atoms with Crippen LogP contribution in [0.1, 0.15) is 18.1 Å². The van der Waals surface area contributed by atoms with Crippen LogP contribution in [0.2, 0.25) is 0 Å². The van der Waals surface area contributed by atoms with E-state index in [0.717, 1.165) is 16.3 Å². The Morgan fingerprint density at radius 1 is 1.12 bits per heavy atom. The largest absolute Gasteiger partial charge is 0.426 e. The number of sulfonamides is 1. The zero-order valence-corrected chi connectivity index (χ0v) is 14.8. The third-order valence-corrected chi connectivity index (χ3v) is 5.42. The van der Waals surface area contributed by atoms with E-state index in [4.69, 9.17) is 10.00 Å². The van der Waals surface area contributed by atoms with E-state index in [1.807, 2.05) is 25.1 Å². The average molecular weight is 358 g/mol. The molecule has 0 amide bonds. The quantitative estimate of drug-likeness (QED) is 0.584. The van der Waals surface area contributed by atoms with E-state index in [2.05, 4.69) is 0 Å². The lowest BCUT2D eigenvalue weighted by Crippen LogP contribution is -2.34. The first-order chi connectivity index (χ1) is 11.9. The molecule has 0 aliphatic carbocycles. The fourth-order valence-electron chi connectivity index (χ4n) is 2.11. The van der Waals surface area contributed by atoms with E-state index < -0.39 is 22.5 Å². The van der Waals surface area contributed by atoms with Crippen molar-refractivity contribution in [2.75, 3.05) is 13.6 Å². The van der Waals surface area contributed by atoms with Gasteiger partial charge in [-0.05, 0) is 48.4 Å². The minimum atomic E-state index is -3.84. The lowest BCUT2D eigenvalue weighted by molar-refractivity contribution is -0.134. The van der Waals surface area contributed by atoms with Crippen LogP contribution in [0.3, 0.4) is 0 Å². The van der Waals surface area contributed by atoms with Crippen molar-refractivity contribution in [1.29, 1.82) is 5.26 Å². The Morgan fingerprint density at radius 2 is 1.72 bits per heavy atom. The molecule has 0 aliphatic heterocycles. The van der Waals surface area contributed by atoms with Gasteiger partial charge in [0.15, 0.2) is 0 Å². The van der Waals surface area contributed by atoms with Gasteiger partial charge in [0.1, 0.15) is 12.3 Å². The summed E-state index contributed by atoms with van der Waals surface area (Å²) in [5, 5.41) is 8.76. The Bertz CT molecular complexity index is 882. The van der Waals surface area contributed by atoms with Gasteiger partial charge in [-0.15, -0.1) is 0 Å². The number of nitrogens with zero attached hydrogens (tertiary/aromatic N) is 2. The average Bonchev–Trinajstić information content (AvgIpc) is 2.62. The van der Waals surface area contributed by atoms with E-state index in [0.29, 0.717) is 11.3 Å². The molecule has 0 radical (unpaired) electrons. The van der Waals surface area contributed by atoms with Crippen molar-refractivity contribution in [2.45, 2.75) is 18.2 Å². The molecule has 0 heterocycles. The lowest BCUT2D eigenvalue weighted by atomic mass is 10.2. The number of rotatable bonds is 6. The first kappa shape index (κ1) is 18.6. The molecular formula is C18H18N2O4S. The summed E-state index contributed by atoms with van der Waals surface area (Å²) in [5.74, 6) is -0.310. The van der Waals surface area contributed by atoms with Crippen molar-refractivity contribution in [3.8, 4) is 11.8 Å². The minimum Gasteiger partial charge on any atom is -0.426 e. The van der Waals surface area contributed by atoms with Crippen LogP contribution >= 0.6 is 0 Å². The van der Waals surface area contributed by atoms with Crippen molar-refractivity contribution in [2.24, 2.45) is 0 Å². The highest BCUT2D eigenvalue weighted by Crippen LogP contribution is 2.16. The molecule has 0 saturated heterocycles. The van der Waals surface area contributed by atoms with Crippen molar-refractivity contribution >= 4 is 16.0 Å². The third-order valence-electron chi connectivity index (χ3n) is 3.61. The summed E-state index contributed by atoms with van der Waals surface area (Å²) in [4.78, 5) is 12.0. The Labute approximate surface area is 147 Å². The predicted octanol–water partition coefficient (Wildman–Crippen LogP) is 2.35.